The van der Waals surface area contributed by atoms with Crippen LogP contribution in [0.3, 0.4) is 0 Å². The van der Waals surface area contributed by atoms with Gasteiger partial charge in [-0.1, -0.05) is 6.07 Å². The van der Waals surface area contributed by atoms with Crippen molar-refractivity contribution in [1.82, 2.24) is 29.7 Å². The number of nitrogens with zero attached hydrogens (tertiary/aromatic N) is 5. The predicted molar refractivity (Wildman–Crippen MR) is 103 cm³/mol. The van der Waals surface area contributed by atoms with Gasteiger partial charge in [0.15, 0.2) is 5.65 Å². The number of oxazole rings is 1. The maximum Gasteiger partial charge on any atom is 0.225 e. The van der Waals surface area contributed by atoms with Gasteiger partial charge in [-0.25, -0.2) is 19.6 Å². The lowest BCUT2D eigenvalue weighted by molar-refractivity contribution is 0.547. The third kappa shape index (κ3) is 2.37. The smallest absolute Gasteiger partial charge is 0.225 e. The van der Waals surface area contributed by atoms with Crippen molar-refractivity contribution in [3.63, 3.8) is 0 Å². The Morgan fingerprint density at radius 3 is 2.81 bits per heavy atom. The Hall–Kier alpha value is -3.68. The van der Waals surface area contributed by atoms with E-state index in [-0.39, 0.29) is 6.04 Å². The first kappa shape index (κ1) is 15.6. The van der Waals surface area contributed by atoms with Crippen LogP contribution in [0.4, 0.5) is 5.82 Å². The summed E-state index contributed by atoms with van der Waals surface area (Å²) in [5, 5.41) is 6.57. The number of nitrogens with two attached hydrogens (primary N) is 1. The molecule has 8 heteroatoms. The van der Waals surface area contributed by atoms with Crippen LogP contribution in [0.15, 0.2) is 47.5 Å². The number of rotatable bonds is 3. The largest absolute Gasteiger partial charge is 0.445 e. The van der Waals surface area contributed by atoms with Gasteiger partial charge in [-0.2, -0.15) is 5.10 Å². The summed E-state index contributed by atoms with van der Waals surface area (Å²) in [6.45, 7) is 4.12. The van der Waals surface area contributed by atoms with Crippen molar-refractivity contribution in [2.24, 2.45) is 0 Å². The van der Waals surface area contributed by atoms with Gasteiger partial charge in [-0.3, -0.25) is 0 Å². The first-order chi connectivity index (χ1) is 13.1. The lowest BCUT2D eigenvalue weighted by Crippen LogP contribution is -2.04. The maximum atomic E-state index is 6.15. The molecule has 0 atom stereocenters. The van der Waals surface area contributed by atoms with E-state index < -0.39 is 0 Å². The van der Waals surface area contributed by atoms with Crippen LogP contribution < -0.4 is 5.73 Å². The minimum Gasteiger partial charge on any atom is -0.445 e. The average Bonchev–Trinajstić information content (AvgIpc) is 3.38. The van der Waals surface area contributed by atoms with Crippen molar-refractivity contribution in [2.75, 3.05) is 5.73 Å². The van der Waals surface area contributed by atoms with Gasteiger partial charge in [-0.05, 0) is 32.0 Å². The third-order valence-corrected chi connectivity index (χ3v) is 4.56. The predicted octanol–water partition coefficient (Wildman–Crippen LogP) is 3.79. The van der Waals surface area contributed by atoms with Crippen molar-refractivity contribution in [1.29, 1.82) is 0 Å². The van der Waals surface area contributed by atoms with Crippen LogP contribution in [0.25, 0.3) is 44.8 Å². The molecule has 4 heterocycles. The van der Waals surface area contributed by atoms with Gasteiger partial charge in [0.1, 0.15) is 24.1 Å². The first-order valence-electron chi connectivity index (χ1n) is 8.63. The highest BCUT2D eigenvalue weighted by Crippen LogP contribution is 2.33. The summed E-state index contributed by atoms with van der Waals surface area (Å²) in [7, 11) is 0. The van der Waals surface area contributed by atoms with E-state index in [9.17, 15) is 0 Å². The number of benzene rings is 1. The van der Waals surface area contributed by atoms with Crippen molar-refractivity contribution < 1.29 is 4.42 Å². The van der Waals surface area contributed by atoms with Crippen LogP contribution in [0.2, 0.25) is 0 Å². The Bertz CT molecular complexity index is 1260. The molecule has 0 aliphatic carbocycles. The zero-order chi connectivity index (χ0) is 18.5. The maximum absolute atomic E-state index is 6.15. The van der Waals surface area contributed by atoms with Crippen molar-refractivity contribution in [3.05, 3.63) is 43.1 Å². The molecular formula is C19H17N7O. The molecule has 0 saturated heterocycles. The molecular weight excluding hydrogens is 342 g/mol. The van der Waals surface area contributed by atoms with E-state index in [0.717, 1.165) is 38.9 Å². The summed E-state index contributed by atoms with van der Waals surface area (Å²) >= 11 is 0. The topological polar surface area (TPSA) is 111 Å². The van der Waals surface area contributed by atoms with Gasteiger partial charge in [0.2, 0.25) is 5.89 Å². The molecule has 5 rings (SSSR count). The number of aromatic amines is 1. The number of nitrogens with one attached hydrogen (secondary N) is 1. The molecule has 0 unspecified atom stereocenters. The normalized spacial score (nSPS) is 11.8. The summed E-state index contributed by atoms with van der Waals surface area (Å²) in [4.78, 5) is 16.2. The molecule has 134 valence electrons. The molecule has 1 aromatic carbocycles. The van der Waals surface area contributed by atoms with Crippen LogP contribution >= 0.6 is 0 Å². The van der Waals surface area contributed by atoms with Crippen LogP contribution in [0, 0.1) is 0 Å². The number of hydrogen-bond acceptors (Lipinski definition) is 6. The van der Waals surface area contributed by atoms with Gasteiger partial charge in [0, 0.05) is 22.5 Å². The molecule has 5 aromatic rings. The van der Waals surface area contributed by atoms with Crippen LogP contribution in [-0.2, 0) is 0 Å². The van der Waals surface area contributed by atoms with Crippen molar-refractivity contribution in [3.8, 4) is 22.8 Å². The van der Waals surface area contributed by atoms with Gasteiger partial charge in [-0.15, -0.1) is 0 Å². The quantitative estimate of drug-likeness (QED) is 0.507. The minimum absolute atomic E-state index is 0.150. The average molecular weight is 359 g/mol. The van der Waals surface area contributed by atoms with Crippen LogP contribution in [-0.4, -0.2) is 29.7 Å². The number of anilines is 1. The SMILES string of the molecule is CC(C)n1nc(-c2cc3ccc(-c4ncco4)cc3[nH]2)c2c(N)ncnc21. The fraction of sp³-hybridized carbons (Fsp3) is 0.158. The van der Waals surface area contributed by atoms with E-state index in [1.54, 1.807) is 12.5 Å². The van der Waals surface area contributed by atoms with Crippen LogP contribution in [0.1, 0.15) is 19.9 Å². The molecule has 4 aromatic heterocycles. The van der Waals surface area contributed by atoms with Crippen molar-refractivity contribution >= 4 is 27.8 Å². The second-order valence-corrected chi connectivity index (χ2v) is 6.67. The van der Waals surface area contributed by atoms with E-state index in [4.69, 9.17) is 15.2 Å². The number of fused-ring (bicyclic) bond motifs is 2. The Morgan fingerprint density at radius 1 is 1.15 bits per heavy atom. The Kier molecular flexibility index (Phi) is 3.27. The molecule has 0 fully saturated rings. The zero-order valence-electron chi connectivity index (χ0n) is 14.8. The number of hydrogen-bond donors (Lipinski definition) is 2. The number of aromatic nitrogens is 6. The molecule has 0 aliphatic heterocycles. The Balaban J connectivity index is 1.72. The molecule has 3 N–H and O–H groups in total. The summed E-state index contributed by atoms with van der Waals surface area (Å²) in [5.74, 6) is 1.00. The van der Waals surface area contributed by atoms with E-state index in [1.807, 2.05) is 28.9 Å². The Labute approximate surface area is 154 Å². The van der Waals surface area contributed by atoms with Gasteiger partial charge >= 0.3 is 0 Å². The monoisotopic (exact) mass is 359 g/mol. The molecule has 0 spiro atoms. The summed E-state index contributed by atoms with van der Waals surface area (Å²) in [5.41, 5.74) is 10.3. The van der Waals surface area contributed by atoms with Crippen LogP contribution in [0.5, 0.6) is 0 Å². The highest BCUT2D eigenvalue weighted by molar-refractivity contribution is 6.00. The summed E-state index contributed by atoms with van der Waals surface area (Å²) < 4.78 is 7.26. The van der Waals surface area contributed by atoms with E-state index in [2.05, 4.69) is 33.8 Å². The molecule has 27 heavy (non-hydrogen) atoms. The van der Waals surface area contributed by atoms with Crippen molar-refractivity contribution in [2.45, 2.75) is 19.9 Å². The molecule has 0 saturated carbocycles. The van der Waals surface area contributed by atoms with E-state index >= 15 is 0 Å². The first-order valence-corrected chi connectivity index (χ1v) is 8.63. The van der Waals surface area contributed by atoms with Gasteiger partial charge < -0.3 is 15.1 Å². The highest BCUT2D eigenvalue weighted by Gasteiger charge is 2.20. The molecule has 0 radical (unpaired) electrons. The van der Waals surface area contributed by atoms with Gasteiger partial charge in [0.25, 0.3) is 0 Å². The summed E-state index contributed by atoms with van der Waals surface area (Å²) in [6.07, 6.45) is 4.66. The second-order valence-electron chi connectivity index (χ2n) is 6.67. The Morgan fingerprint density at radius 2 is 2.04 bits per heavy atom. The molecule has 0 aliphatic rings. The standard InChI is InChI=1S/C19H17N7O/c1-10(2)26-18-15(17(20)22-9-23-18)16(25-26)14-7-11-3-4-12(8-13(11)24-14)19-21-5-6-27-19/h3-10,24H,1-2H3,(H2,20,22,23). The molecule has 0 amide bonds. The fourth-order valence-electron chi connectivity index (χ4n) is 3.30. The highest BCUT2D eigenvalue weighted by atomic mass is 16.3. The molecule has 0 bridgehead atoms. The second kappa shape index (κ2) is 5.66. The third-order valence-electron chi connectivity index (χ3n) is 4.56. The molecule has 8 nitrogen and oxygen atoms in total. The number of nitrogen functional groups attached to an aromatic ring is 1. The lowest BCUT2D eigenvalue weighted by atomic mass is 10.1. The zero-order valence-corrected chi connectivity index (χ0v) is 14.8. The van der Waals surface area contributed by atoms with Gasteiger partial charge in [0.05, 0.1) is 17.3 Å². The number of H-pyrrole nitrogens is 1. The fourth-order valence-corrected chi connectivity index (χ4v) is 3.30. The van der Waals surface area contributed by atoms with E-state index in [0.29, 0.717) is 11.7 Å². The summed E-state index contributed by atoms with van der Waals surface area (Å²) in [6, 6.07) is 8.21. The van der Waals surface area contributed by atoms with E-state index in [1.165, 1.54) is 6.33 Å². The lowest BCUT2D eigenvalue weighted by Gasteiger charge is -2.05. The minimum atomic E-state index is 0.150.